The molecule has 458 valence electrons. The van der Waals surface area contributed by atoms with Gasteiger partial charge in [0.2, 0.25) is 45.9 Å². The van der Waals surface area contributed by atoms with E-state index in [2.05, 4.69) is 61.6 Å². The molecule has 0 unspecified atom stereocenters. The standard InChI is InChI=1S/2C23H15ClN8O10S2.Cr.4Na/c2*24-21-27-22(25)29-23(28-21)26-10-1-3-12-9(5-10)6-17(44(40,41)42)19(20(12)34)31-30-18-13-4-2-11(32(35)36)7-14(13)16(8-15(18)33)43(37,38)39;;;;;/h2*1-8,31,34H,(H,37,38,39)(H,40,41,42)(H3,25,26,27,28,29);;;;;/q;;;4*+1/p+1. The number of carbonyl (C=O) groups excluding carboxylic acids is 2. The number of hydrazone groups is 2. The van der Waals surface area contributed by atoms with E-state index in [0.717, 1.165) is 48.5 Å². The summed E-state index contributed by atoms with van der Waals surface area (Å²) in [4.78, 5) is 65.5. The molecule has 2 aliphatic carbocycles. The Bertz CT molecular complexity index is 4760. The number of allylic oxidation sites excluding steroid dienone is 2. The van der Waals surface area contributed by atoms with Crippen molar-refractivity contribution in [1.82, 2.24) is 29.9 Å². The summed E-state index contributed by atoms with van der Waals surface area (Å²) in [6.07, 6.45) is 0.932. The van der Waals surface area contributed by atoms with Crippen LogP contribution in [0.5, 0.6) is 11.5 Å². The number of rotatable bonds is 14. The van der Waals surface area contributed by atoms with E-state index in [9.17, 15) is 91.9 Å². The third-order valence-electron chi connectivity index (χ3n) is 12.0. The normalized spacial score (nSPS) is 13.5. The Morgan fingerprint density at radius 1 is 0.495 bits per heavy atom. The van der Waals surface area contributed by atoms with Gasteiger partial charge in [-0.15, -0.1) is 0 Å². The molecule has 8 aromatic rings. The summed E-state index contributed by atoms with van der Waals surface area (Å²) in [5.41, 5.74) is 11.0. The van der Waals surface area contributed by atoms with E-state index in [4.69, 9.17) is 34.7 Å². The van der Waals surface area contributed by atoms with Crippen LogP contribution in [0, 0.1) is 20.2 Å². The van der Waals surface area contributed by atoms with Crippen molar-refractivity contribution < 1.29 is 219 Å². The fraction of sp³-hybridized carbons (Fsp3) is 0. The van der Waals surface area contributed by atoms with Crippen molar-refractivity contribution in [2.45, 2.75) is 9.79 Å². The van der Waals surface area contributed by atoms with Gasteiger partial charge in [0.15, 0.2) is 0 Å². The summed E-state index contributed by atoms with van der Waals surface area (Å²) in [6.45, 7) is 0. The van der Waals surface area contributed by atoms with E-state index in [1.807, 2.05) is 0 Å². The van der Waals surface area contributed by atoms with Crippen LogP contribution in [-0.4, -0.2) is 125 Å². The second kappa shape index (κ2) is 30.8. The summed E-state index contributed by atoms with van der Waals surface area (Å²) < 4.78 is 136. The number of anilines is 8. The van der Waals surface area contributed by atoms with Crippen LogP contribution in [-0.2, 0) is 67.4 Å². The number of carbonyl (C=O) groups is 2. The molecular weight excluding hydrogens is 1440 g/mol. The Balaban J connectivity index is 0.000000461. The van der Waals surface area contributed by atoms with Crippen LogP contribution in [0.4, 0.5) is 57.9 Å². The van der Waals surface area contributed by atoms with E-state index >= 15 is 0 Å². The second-order valence-electron chi connectivity index (χ2n) is 17.7. The number of nitro groups is 2. The predicted molar refractivity (Wildman–Crippen MR) is 313 cm³/mol. The van der Waals surface area contributed by atoms with Gasteiger partial charge in [-0.05, 0) is 94.6 Å². The van der Waals surface area contributed by atoms with Crippen molar-refractivity contribution >= 4 is 176 Å². The number of non-ortho nitro benzene ring substituents is 2. The number of ketones is 2. The SMILES string of the molecule is Nc1nc(Cl)nc(Nc2ccc3c(O)c(NN=C4C(=O)C=C(S(=O)(=O)O)c5cc([N+](=O)[O-])ccc54)c(S(=O)(=O)O)cc3c2)n1.Nc1nc(Cl)nc(Nc2ccc3c(O)c(NN=C4C(=O)C=C(S(=O)(=O)O)c5cc([N+](=O)[O-])ccc54)c(S(=O)(=O)O)cc3c2)n1.[Cr].[H+].[Na+].[Na+].[Na+].[Na+]. The third kappa shape index (κ3) is 17.9. The number of fused-ring (bicyclic) bond motifs is 4. The smallest absolute Gasteiger partial charge is 0.505 e. The summed E-state index contributed by atoms with van der Waals surface area (Å²) in [7, 11) is -20.2. The Kier molecular flexibility index (Phi) is 26.3. The maximum absolute atomic E-state index is 12.8. The number of halogens is 2. The minimum Gasteiger partial charge on any atom is -0.505 e. The number of nitrogen functional groups attached to an aromatic ring is 2. The molecule has 0 aliphatic heterocycles. The van der Waals surface area contributed by atoms with Gasteiger partial charge in [-0.3, -0.25) is 58.9 Å². The molecular formula is C46H31Cl2CrN16Na4O20S4+5. The maximum atomic E-state index is 12.8. The molecule has 0 atom stereocenters. The van der Waals surface area contributed by atoms with Crippen molar-refractivity contribution in [3.63, 3.8) is 0 Å². The van der Waals surface area contributed by atoms with Gasteiger partial charge >= 0.3 is 120 Å². The molecule has 47 heteroatoms. The van der Waals surface area contributed by atoms with E-state index < -0.39 is 138 Å². The minimum absolute atomic E-state index is 0. The molecule has 0 radical (unpaired) electrons. The maximum Gasteiger partial charge on any atom is 1.00 e. The average molecular weight is 1470 g/mol. The van der Waals surface area contributed by atoms with E-state index in [1.54, 1.807) is 0 Å². The number of nitrogens with one attached hydrogen (secondary N) is 4. The Morgan fingerprint density at radius 3 is 1.14 bits per heavy atom. The van der Waals surface area contributed by atoms with Crippen molar-refractivity contribution in [3.05, 3.63) is 150 Å². The van der Waals surface area contributed by atoms with Gasteiger partial charge in [0, 0.05) is 98.2 Å². The number of phenolic OH excluding ortho intramolecular Hbond substituents is 2. The molecule has 14 N–H and O–H groups in total. The van der Waals surface area contributed by atoms with Crippen molar-refractivity contribution in [3.8, 4) is 11.5 Å². The molecule has 0 saturated carbocycles. The predicted octanol–water partition coefficient (Wildman–Crippen LogP) is -6.89. The van der Waals surface area contributed by atoms with Gasteiger partial charge in [-0.1, -0.05) is 0 Å². The Labute approximate surface area is 631 Å². The third-order valence-corrected chi connectivity index (χ3v) is 15.9. The summed E-state index contributed by atoms with van der Waals surface area (Å²) in [5, 5.41) is 57.6. The first-order valence-corrected chi connectivity index (χ1v) is 29.7. The number of nitrogens with two attached hydrogens (primary N) is 2. The first kappa shape index (κ1) is 79.4. The van der Waals surface area contributed by atoms with Crippen molar-refractivity contribution in [1.29, 1.82) is 0 Å². The molecule has 0 amide bonds. The molecule has 36 nitrogen and oxygen atoms in total. The molecule has 0 fully saturated rings. The van der Waals surface area contributed by atoms with Crippen LogP contribution in [0.3, 0.4) is 0 Å². The van der Waals surface area contributed by atoms with Crippen LogP contribution in [0.2, 0.25) is 10.6 Å². The van der Waals surface area contributed by atoms with E-state index in [1.165, 1.54) is 36.4 Å². The number of hydrogen-bond donors (Lipinski definition) is 12. The van der Waals surface area contributed by atoms with E-state index in [-0.39, 0.29) is 215 Å². The molecule has 2 aromatic heterocycles. The zero-order valence-electron chi connectivity index (χ0n) is 48.1. The number of aromatic hydroxyl groups is 2. The minimum atomic E-state index is -5.06. The molecule has 2 heterocycles. The van der Waals surface area contributed by atoms with Crippen molar-refractivity contribution in [2.24, 2.45) is 10.2 Å². The van der Waals surface area contributed by atoms with Gasteiger partial charge in [0.25, 0.3) is 51.8 Å². The van der Waals surface area contributed by atoms with Gasteiger partial charge in [-0.25, -0.2) is 0 Å². The van der Waals surface area contributed by atoms with Crippen LogP contribution >= 0.6 is 23.2 Å². The topological polar surface area (TPSA) is 581 Å². The molecule has 0 bridgehead atoms. The summed E-state index contributed by atoms with van der Waals surface area (Å²) >= 11 is 11.5. The molecule has 2 aliphatic rings. The molecule has 0 saturated heterocycles. The fourth-order valence-electron chi connectivity index (χ4n) is 8.39. The Hall–Kier alpha value is -6.03. The van der Waals surface area contributed by atoms with Crippen LogP contribution in [0.15, 0.2) is 117 Å². The summed E-state index contributed by atoms with van der Waals surface area (Å²) in [5.74, 6) is -4.14. The average Bonchev–Trinajstić information content (AvgIpc) is 0.778. The quantitative estimate of drug-likeness (QED) is 0.0158. The van der Waals surface area contributed by atoms with Crippen LogP contribution < -0.4 is 151 Å². The van der Waals surface area contributed by atoms with Gasteiger partial charge in [0.1, 0.15) is 53.9 Å². The zero-order chi connectivity index (χ0) is 64.3. The van der Waals surface area contributed by atoms with Crippen LogP contribution in [0.1, 0.15) is 23.7 Å². The number of nitrogens with zero attached hydrogens (tertiary/aromatic N) is 10. The summed E-state index contributed by atoms with van der Waals surface area (Å²) in [6, 6.07) is 15.7. The zero-order valence-corrected chi connectivity index (χ0v) is 61.1. The second-order valence-corrected chi connectivity index (χ2v) is 23.9. The number of aromatic nitrogens is 6. The number of nitro benzene ring substituents is 2. The van der Waals surface area contributed by atoms with Crippen LogP contribution in [0.25, 0.3) is 31.4 Å². The van der Waals surface area contributed by atoms with Gasteiger partial charge in [-0.2, -0.15) is 73.8 Å². The van der Waals surface area contributed by atoms with Gasteiger partial charge in [0.05, 0.1) is 9.85 Å². The van der Waals surface area contributed by atoms with Crippen molar-refractivity contribution in [2.75, 3.05) is 33.0 Å². The molecule has 0 spiro atoms. The first-order chi connectivity index (χ1) is 41.0. The van der Waals surface area contributed by atoms with Gasteiger partial charge < -0.3 is 32.3 Å². The fourth-order valence-corrected chi connectivity index (χ4v) is 11.5. The number of benzene rings is 6. The van der Waals surface area contributed by atoms with E-state index in [0.29, 0.717) is 12.2 Å². The monoisotopic (exact) mass is 1470 g/mol. The molecule has 10 rings (SSSR count). The number of phenols is 2. The number of hydrogen-bond acceptors (Lipinski definition) is 30. The largest absolute Gasteiger partial charge is 1.00 e. The molecule has 93 heavy (non-hydrogen) atoms. The first-order valence-electron chi connectivity index (χ1n) is 23.2. The molecule has 6 aromatic carbocycles. The Morgan fingerprint density at radius 2 is 0.839 bits per heavy atom.